The first-order valence-corrected chi connectivity index (χ1v) is 5.43. The molecule has 1 fully saturated rings. The normalized spacial score (nSPS) is 26.8. The highest BCUT2D eigenvalue weighted by Gasteiger charge is 2.22. The maximum atomic E-state index is 11.8. The molecule has 16 heavy (non-hydrogen) atoms. The van der Waals surface area contributed by atoms with E-state index < -0.39 is 13.0 Å². The lowest BCUT2D eigenvalue weighted by atomic mass is 9.95. The fraction of sp³-hybridized carbons (Fsp3) is 1.00. The highest BCUT2D eigenvalue weighted by Crippen LogP contribution is 2.14. The van der Waals surface area contributed by atoms with Crippen LogP contribution in [-0.2, 0) is 4.74 Å². The van der Waals surface area contributed by atoms with E-state index in [1.165, 1.54) is 0 Å². The molecule has 1 aliphatic rings. The van der Waals surface area contributed by atoms with E-state index in [1.807, 2.05) is 0 Å². The number of nitrogens with two attached hydrogens (primary N) is 1. The van der Waals surface area contributed by atoms with E-state index in [9.17, 15) is 8.78 Å². The molecule has 98 valence electrons. The molecule has 0 aromatic rings. The zero-order chi connectivity index (χ0) is 11.3. The Kier molecular flexibility index (Phi) is 8.18. The maximum Gasteiger partial charge on any atom is 0.261 e. The highest BCUT2D eigenvalue weighted by atomic mass is 35.5. The van der Waals surface area contributed by atoms with Crippen molar-refractivity contribution in [2.45, 2.75) is 25.8 Å². The standard InChI is InChI=1S/C10H20F2N2O.ClH/c1-8-6-14(3-2-9(8)13)4-5-15-7-10(11)12;/h8-10H,2-7,13H2,1H3;1H. The largest absolute Gasteiger partial charge is 0.374 e. The van der Waals surface area contributed by atoms with E-state index in [2.05, 4.69) is 11.8 Å². The fourth-order valence-corrected chi connectivity index (χ4v) is 1.82. The Morgan fingerprint density at radius 2 is 2.19 bits per heavy atom. The zero-order valence-corrected chi connectivity index (χ0v) is 10.4. The number of halogens is 3. The molecule has 1 heterocycles. The minimum atomic E-state index is -2.36. The van der Waals surface area contributed by atoms with Crippen LogP contribution in [0.4, 0.5) is 8.78 Å². The van der Waals surface area contributed by atoms with Gasteiger partial charge in [0, 0.05) is 19.1 Å². The van der Waals surface area contributed by atoms with Crippen LogP contribution in [-0.4, -0.2) is 50.2 Å². The van der Waals surface area contributed by atoms with Gasteiger partial charge in [0.05, 0.1) is 6.61 Å². The van der Waals surface area contributed by atoms with Gasteiger partial charge < -0.3 is 15.4 Å². The van der Waals surface area contributed by atoms with E-state index in [0.29, 0.717) is 12.5 Å². The topological polar surface area (TPSA) is 38.5 Å². The molecule has 0 amide bonds. The first-order valence-electron chi connectivity index (χ1n) is 5.43. The molecule has 2 N–H and O–H groups in total. The van der Waals surface area contributed by atoms with Gasteiger partial charge in [-0.25, -0.2) is 8.78 Å². The van der Waals surface area contributed by atoms with Crippen molar-refractivity contribution < 1.29 is 13.5 Å². The molecule has 6 heteroatoms. The van der Waals surface area contributed by atoms with Crippen molar-refractivity contribution >= 4 is 12.4 Å². The van der Waals surface area contributed by atoms with Crippen molar-refractivity contribution in [3.8, 4) is 0 Å². The quantitative estimate of drug-likeness (QED) is 0.757. The van der Waals surface area contributed by atoms with Crippen LogP contribution in [0, 0.1) is 5.92 Å². The van der Waals surface area contributed by atoms with Crippen LogP contribution < -0.4 is 5.73 Å². The third-order valence-electron chi connectivity index (χ3n) is 2.85. The van der Waals surface area contributed by atoms with E-state index in [-0.39, 0.29) is 18.4 Å². The van der Waals surface area contributed by atoms with Crippen molar-refractivity contribution in [2.75, 3.05) is 32.8 Å². The molecule has 0 aliphatic carbocycles. The third kappa shape index (κ3) is 5.94. The Hall–Kier alpha value is 0.0300. The molecule has 0 radical (unpaired) electrons. The number of ether oxygens (including phenoxy) is 1. The van der Waals surface area contributed by atoms with Crippen molar-refractivity contribution in [1.29, 1.82) is 0 Å². The summed E-state index contributed by atoms with van der Waals surface area (Å²) in [6.07, 6.45) is -1.38. The van der Waals surface area contributed by atoms with Gasteiger partial charge in [0.15, 0.2) is 0 Å². The molecule has 0 saturated carbocycles. The lowest BCUT2D eigenvalue weighted by molar-refractivity contribution is 0.00583. The second kappa shape index (κ2) is 8.17. The smallest absolute Gasteiger partial charge is 0.261 e. The summed E-state index contributed by atoms with van der Waals surface area (Å²) < 4.78 is 28.4. The van der Waals surface area contributed by atoms with Gasteiger partial charge in [0.2, 0.25) is 0 Å². The summed E-state index contributed by atoms with van der Waals surface area (Å²) in [6.45, 7) is 4.67. The van der Waals surface area contributed by atoms with Gasteiger partial charge >= 0.3 is 0 Å². The lowest BCUT2D eigenvalue weighted by Crippen LogP contribution is -2.46. The summed E-state index contributed by atoms with van der Waals surface area (Å²) in [5, 5.41) is 0. The first kappa shape index (κ1) is 16.0. The Balaban J connectivity index is 0.00000225. The van der Waals surface area contributed by atoms with Gasteiger partial charge in [0.1, 0.15) is 6.61 Å². The second-order valence-electron chi connectivity index (χ2n) is 4.20. The zero-order valence-electron chi connectivity index (χ0n) is 9.57. The van der Waals surface area contributed by atoms with Crippen molar-refractivity contribution in [3.63, 3.8) is 0 Å². The van der Waals surface area contributed by atoms with Gasteiger partial charge in [0.25, 0.3) is 6.43 Å². The van der Waals surface area contributed by atoms with E-state index in [1.54, 1.807) is 0 Å². The minimum Gasteiger partial charge on any atom is -0.374 e. The van der Waals surface area contributed by atoms with Crippen LogP contribution >= 0.6 is 12.4 Å². The van der Waals surface area contributed by atoms with Crippen LogP contribution in [0.1, 0.15) is 13.3 Å². The molecule has 3 nitrogen and oxygen atoms in total. The monoisotopic (exact) mass is 258 g/mol. The Labute approximate surface area is 102 Å². The number of nitrogens with zero attached hydrogens (tertiary/aromatic N) is 1. The average molecular weight is 259 g/mol. The SMILES string of the molecule is CC1CN(CCOCC(F)F)CCC1N.Cl. The molecule has 1 aliphatic heterocycles. The maximum absolute atomic E-state index is 11.8. The molecular weight excluding hydrogens is 238 g/mol. The number of hydrogen-bond acceptors (Lipinski definition) is 3. The number of alkyl halides is 2. The van der Waals surface area contributed by atoms with Crippen LogP contribution in [0.15, 0.2) is 0 Å². The van der Waals surface area contributed by atoms with Crippen LogP contribution in [0.5, 0.6) is 0 Å². The number of likely N-dealkylation sites (tertiary alicyclic amines) is 1. The van der Waals surface area contributed by atoms with Gasteiger partial charge in [-0.05, 0) is 18.9 Å². The summed E-state index contributed by atoms with van der Waals surface area (Å²) in [7, 11) is 0. The van der Waals surface area contributed by atoms with Crippen molar-refractivity contribution in [3.05, 3.63) is 0 Å². The predicted molar refractivity (Wildman–Crippen MR) is 62.3 cm³/mol. The molecule has 0 spiro atoms. The van der Waals surface area contributed by atoms with E-state index >= 15 is 0 Å². The lowest BCUT2D eigenvalue weighted by Gasteiger charge is -2.34. The Morgan fingerprint density at radius 3 is 2.75 bits per heavy atom. The molecule has 1 rings (SSSR count). The Morgan fingerprint density at radius 1 is 1.50 bits per heavy atom. The summed E-state index contributed by atoms with van der Waals surface area (Å²) in [4.78, 5) is 2.22. The number of piperidine rings is 1. The minimum absolute atomic E-state index is 0. The summed E-state index contributed by atoms with van der Waals surface area (Å²) in [5.74, 6) is 0.480. The third-order valence-corrected chi connectivity index (χ3v) is 2.85. The van der Waals surface area contributed by atoms with Gasteiger partial charge in [-0.3, -0.25) is 0 Å². The summed E-state index contributed by atoms with van der Waals surface area (Å²) in [6, 6.07) is 0.281. The molecular formula is C10H21ClF2N2O. The van der Waals surface area contributed by atoms with Crippen LogP contribution in [0.3, 0.4) is 0 Å². The second-order valence-corrected chi connectivity index (χ2v) is 4.20. The van der Waals surface area contributed by atoms with Crippen LogP contribution in [0.25, 0.3) is 0 Å². The molecule has 0 aromatic carbocycles. The number of hydrogen-bond donors (Lipinski definition) is 1. The number of rotatable bonds is 5. The van der Waals surface area contributed by atoms with Gasteiger partial charge in [-0.1, -0.05) is 6.92 Å². The highest BCUT2D eigenvalue weighted by molar-refractivity contribution is 5.85. The molecule has 0 bridgehead atoms. The predicted octanol–water partition coefficient (Wildman–Crippen LogP) is 1.36. The van der Waals surface area contributed by atoms with Crippen LogP contribution in [0.2, 0.25) is 0 Å². The molecule has 1 saturated heterocycles. The molecule has 2 atom stereocenters. The first-order chi connectivity index (χ1) is 7.09. The van der Waals surface area contributed by atoms with E-state index in [4.69, 9.17) is 10.5 Å². The van der Waals surface area contributed by atoms with Gasteiger partial charge in [-0.15, -0.1) is 12.4 Å². The van der Waals surface area contributed by atoms with Crippen molar-refractivity contribution in [1.82, 2.24) is 4.90 Å². The fourth-order valence-electron chi connectivity index (χ4n) is 1.82. The average Bonchev–Trinajstić information content (AvgIpc) is 2.18. The van der Waals surface area contributed by atoms with Crippen molar-refractivity contribution in [2.24, 2.45) is 11.7 Å². The Bertz CT molecular complexity index is 186. The molecule has 0 aromatic heterocycles. The molecule has 2 unspecified atom stereocenters. The van der Waals surface area contributed by atoms with E-state index in [0.717, 1.165) is 26.1 Å². The van der Waals surface area contributed by atoms with Gasteiger partial charge in [-0.2, -0.15) is 0 Å². The summed E-state index contributed by atoms with van der Waals surface area (Å²) in [5.41, 5.74) is 5.88. The summed E-state index contributed by atoms with van der Waals surface area (Å²) >= 11 is 0.